The van der Waals surface area contributed by atoms with Crippen LogP contribution in [-0.4, -0.2) is 22.8 Å². The van der Waals surface area contributed by atoms with E-state index in [0.29, 0.717) is 11.1 Å². The van der Waals surface area contributed by atoms with Gasteiger partial charge in [0.1, 0.15) is 0 Å². The molecule has 0 atom stereocenters. The summed E-state index contributed by atoms with van der Waals surface area (Å²) < 4.78 is 0.919. The Bertz CT molecular complexity index is 842. The van der Waals surface area contributed by atoms with Crippen molar-refractivity contribution in [1.82, 2.24) is 4.90 Å². The lowest BCUT2D eigenvalue weighted by molar-refractivity contribution is 0.0517. The van der Waals surface area contributed by atoms with Crippen molar-refractivity contribution in [2.24, 2.45) is 0 Å². The molecule has 0 saturated carbocycles. The average molecular weight is 458 g/mol. The minimum atomic E-state index is -0.123. The van der Waals surface area contributed by atoms with Gasteiger partial charge >= 0.3 is 0 Å². The molecule has 0 fully saturated rings. The number of carbonyl (C=O) groups is 2. The highest BCUT2D eigenvalue weighted by Crippen LogP contribution is 2.36. The molecule has 2 aromatic rings. The maximum Gasteiger partial charge on any atom is 0.261 e. The fourth-order valence-electron chi connectivity index (χ4n) is 4.43. The van der Waals surface area contributed by atoms with Crippen LogP contribution in [0, 0.1) is 0 Å². The van der Waals surface area contributed by atoms with E-state index < -0.39 is 0 Å². The van der Waals surface area contributed by atoms with Gasteiger partial charge in [0.25, 0.3) is 11.8 Å². The van der Waals surface area contributed by atoms with Crippen molar-refractivity contribution < 1.29 is 9.59 Å². The number of hydrogen-bond acceptors (Lipinski definition) is 2. The van der Waals surface area contributed by atoms with Crippen LogP contribution in [0.25, 0.3) is 10.8 Å². The standard InChI is InChI=1S/C25H32BrNO2/c1-3-5-7-9-12-18(13-10-8-6-4-2)27-24(28)20-15-11-14-19-22(26)17-16-21(23(19)20)25(27)29/h11,14-18H,3-10,12-13H2,1-2H3. The van der Waals surface area contributed by atoms with E-state index in [1.54, 1.807) is 4.90 Å². The SMILES string of the molecule is CCCCCCC(CCCCCC)N1C(=O)c2cccc3c(Br)ccc(c23)C1=O. The summed E-state index contributed by atoms with van der Waals surface area (Å²) in [6, 6.07) is 9.53. The van der Waals surface area contributed by atoms with Crippen LogP contribution in [0.4, 0.5) is 0 Å². The number of rotatable bonds is 11. The highest BCUT2D eigenvalue weighted by atomic mass is 79.9. The number of halogens is 1. The van der Waals surface area contributed by atoms with Gasteiger partial charge in [-0.1, -0.05) is 93.3 Å². The molecule has 2 amide bonds. The summed E-state index contributed by atoms with van der Waals surface area (Å²) in [5, 5.41) is 1.73. The Morgan fingerprint density at radius 1 is 0.793 bits per heavy atom. The maximum absolute atomic E-state index is 13.4. The molecule has 3 rings (SSSR count). The Hall–Kier alpha value is -1.68. The van der Waals surface area contributed by atoms with E-state index in [0.717, 1.165) is 53.8 Å². The predicted octanol–water partition coefficient (Wildman–Crippen LogP) is 7.51. The van der Waals surface area contributed by atoms with Crippen LogP contribution in [0.2, 0.25) is 0 Å². The molecule has 29 heavy (non-hydrogen) atoms. The molecular formula is C25H32BrNO2. The Balaban J connectivity index is 1.90. The van der Waals surface area contributed by atoms with Crippen LogP contribution >= 0.6 is 15.9 Å². The van der Waals surface area contributed by atoms with E-state index in [4.69, 9.17) is 0 Å². The minimum absolute atomic E-state index is 0.00392. The summed E-state index contributed by atoms with van der Waals surface area (Å²) in [4.78, 5) is 28.5. The van der Waals surface area contributed by atoms with Gasteiger partial charge in [-0.2, -0.15) is 0 Å². The summed E-state index contributed by atoms with van der Waals surface area (Å²) >= 11 is 3.56. The molecule has 156 valence electrons. The molecule has 0 spiro atoms. The van der Waals surface area contributed by atoms with Crippen LogP contribution in [0.5, 0.6) is 0 Å². The quantitative estimate of drug-likeness (QED) is 0.258. The van der Waals surface area contributed by atoms with E-state index in [1.165, 1.54) is 25.7 Å². The lowest BCUT2D eigenvalue weighted by Crippen LogP contribution is -2.47. The fraction of sp³-hybridized carbons (Fsp3) is 0.520. The largest absolute Gasteiger partial charge is 0.271 e. The Morgan fingerprint density at radius 2 is 1.38 bits per heavy atom. The third-order valence-corrected chi connectivity index (χ3v) is 6.72. The van der Waals surface area contributed by atoms with Gasteiger partial charge in [-0.15, -0.1) is 0 Å². The number of carbonyl (C=O) groups excluding carboxylic acids is 2. The first kappa shape index (κ1) is 22.0. The number of imide groups is 1. The zero-order valence-corrected chi connectivity index (χ0v) is 19.3. The van der Waals surface area contributed by atoms with Crippen LogP contribution in [0.3, 0.4) is 0 Å². The zero-order valence-electron chi connectivity index (χ0n) is 17.7. The van der Waals surface area contributed by atoms with Gasteiger partial charge in [0.2, 0.25) is 0 Å². The molecule has 4 heteroatoms. The van der Waals surface area contributed by atoms with Crippen LogP contribution < -0.4 is 0 Å². The number of benzene rings is 2. The van der Waals surface area contributed by atoms with Gasteiger partial charge in [-0.05, 0) is 36.4 Å². The normalized spacial score (nSPS) is 13.7. The topological polar surface area (TPSA) is 37.4 Å². The molecule has 1 heterocycles. The summed E-state index contributed by atoms with van der Waals surface area (Å²) in [7, 11) is 0. The molecule has 1 aliphatic rings. The smallest absolute Gasteiger partial charge is 0.261 e. The fourth-order valence-corrected chi connectivity index (χ4v) is 4.89. The van der Waals surface area contributed by atoms with Crippen molar-refractivity contribution in [1.29, 1.82) is 0 Å². The molecule has 0 bridgehead atoms. The Morgan fingerprint density at radius 3 is 1.97 bits per heavy atom. The summed E-state index contributed by atoms with van der Waals surface area (Å²) in [6.07, 6.45) is 11.1. The van der Waals surface area contributed by atoms with Crippen LogP contribution in [-0.2, 0) is 0 Å². The number of amides is 2. The van der Waals surface area contributed by atoms with Gasteiger partial charge in [0, 0.05) is 27.0 Å². The monoisotopic (exact) mass is 457 g/mol. The molecular weight excluding hydrogens is 426 g/mol. The first-order valence-corrected chi connectivity index (χ1v) is 12.0. The van der Waals surface area contributed by atoms with Crippen molar-refractivity contribution in [2.45, 2.75) is 84.1 Å². The third-order valence-electron chi connectivity index (χ3n) is 6.03. The molecule has 0 aliphatic carbocycles. The molecule has 0 saturated heterocycles. The second kappa shape index (κ2) is 10.4. The van der Waals surface area contributed by atoms with Crippen molar-refractivity contribution in [3.63, 3.8) is 0 Å². The highest BCUT2D eigenvalue weighted by Gasteiger charge is 2.37. The Kier molecular flexibility index (Phi) is 7.88. The van der Waals surface area contributed by atoms with Crippen molar-refractivity contribution in [2.75, 3.05) is 0 Å². The molecule has 0 unspecified atom stereocenters. The van der Waals surface area contributed by atoms with Gasteiger partial charge < -0.3 is 0 Å². The van der Waals surface area contributed by atoms with Crippen molar-refractivity contribution >= 4 is 38.5 Å². The van der Waals surface area contributed by atoms with Gasteiger partial charge in [-0.25, -0.2) is 0 Å². The Labute approximate surface area is 183 Å². The van der Waals surface area contributed by atoms with Crippen LogP contribution in [0.15, 0.2) is 34.8 Å². The second-order valence-corrected chi connectivity index (χ2v) is 9.01. The lowest BCUT2D eigenvalue weighted by atomic mass is 9.91. The molecule has 0 aromatic heterocycles. The molecule has 2 aromatic carbocycles. The number of unbranched alkanes of at least 4 members (excludes halogenated alkanes) is 6. The molecule has 3 nitrogen and oxygen atoms in total. The van der Waals surface area contributed by atoms with Crippen molar-refractivity contribution in [3.8, 4) is 0 Å². The van der Waals surface area contributed by atoms with Gasteiger partial charge in [-0.3, -0.25) is 14.5 Å². The first-order chi connectivity index (χ1) is 14.1. The lowest BCUT2D eigenvalue weighted by Gasteiger charge is -2.34. The molecule has 0 N–H and O–H groups in total. The van der Waals surface area contributed by atoms with Gasteiger partial charge in [0.15, 0.2) is 0 Å². The van der Waals surface area contributed by atoms with Gasteiger partial charge in [0.05, 0.1) is 0 Å². The second-order valence-electron chi connectivity index (χ2n) is 8.16. The first-order valence-electron chi connectivity index (χ1n) is 11.2. The summed E-state index contributed by atoms with van der Waals surface area (Å²) in [5.74, 6) is -0.246. The van der Waals surface area contributed by atoms with E-state index in [-0.39, 0.29) is 17.9 Å². The van der Waals surface area contributed by atoms with E-state index in [9.17, 15) is 9.59 Å². The summed E-state index contributed by atoms with van der Waals surface area (Å²) in [5.41, 5.74) is 1.32. The predicted molar refractivity (Wildman–Crippen MR) is 123 cm³/mol. The highest BCUT2D eigenvalue weighted by molar-refractivity contribution is 9.10. The summed E-state index contributed by atoms with van der Waals surface area (Å²) in [6.45, 7) is 4.41. The number of hydrogen-bond donors (Lipinski definition) is 0. The zero-order chi connectivity index (χ0) is 20.8. The van der Waals surface area contributed by atoms with Crippen LogP contribution in [0.1, 0.15) is 98.8 Å². The van der Waals surface area contributed by atoms with Crippen molar-refractivity contribution in [3.05, 3.63) is 45.9 Å². The van der Waals surface area contributed by atoms with E-state index in [2.05, 4.69) is 29.8 Å². The van der Waals surface area contributed by atoms with E-state index in [1.807, 2.05) is 30.3 Å². The minimum Gasteiger partial charge on any atom is -0.271 e. The maximum atomic E-state index is 13.4. The average Bonchev–Trinajstić information content (AvgIpc) is 2.73. The van der Waals surface area contributed by atoms with E-state index >= 15 is 0 Å². The number of nitrogens with zero attached hydrogens (tertiary/aromatic N) is 1. The molecule has 0 radical (unpaired) electrons. The third kappa shape index (κ3) is 4.74. The molecule has 1 aliphatic heterocycles.